The monoisotopic (exact) mass is 321 g/mol. The SMILES string of the molecule is CC.Cn1c(Cn2ccnc2-c2ncccn2)nc2cccnc21. The molecule has 0 unspecified atom stereocenters. The maximum Gasteiger partial charge on any atom is 0.195 e. The maximum atomic E-state index is 4.63. The van der Waals surface area contributed by atoms with Gasteiger partial charge in [-0.15, -0.1) is 0 Å². The lowest BCUT2D eigenvalue weighted by molar-refractivity contribution is 0.708. The van der Waals surface area contributed by atoms with Crippen molar-refractivity contribution in [1.82, 2.24) is 34.1 Å². The van der Waals surface area contributed by atoms with Gasteiger partial charge in [0.25, 0.3) is 0 Å². The van der Waals surface area contributed by atoms with Crippen molar-refractivity contribution in [2.45, 2.75) is 20.4 Å². The molecule has 0 saturated heterocycles. The molecule has 0 aliphatic heterocycles. The lowest BCUT2D eigenvalue weighted by atomic mass is 10.4. The minimum Gasteiger partial charge on any atom is -0.321 e. The third-order valence-corrected chi connectivity index (χ3v) is 3.51. The number of aryl methyl sites for hydroxylation is 1. The molecule has 0 fully saturated rings. The number of fused-ring (bicyclic) bond motifs is 1. The molecule has 0 atom stereocenters. The summed E-state index contributed by atoms with van der Waals surface area (Å²) in [6, 6.07) is 5.63. The Balaban J connectivity index is 0.000000815. The van der Waals surface area contributed by atoms with Crippen LogP contribution in [0.3, 0.4) is 0 Å². The first-order chi connectivity index (χ1) is 11.8. The maximum absolute atomic E-state index is 4.63. The van der Waals surface area contributed by atoms with E-state index in [-0.39, 0.29) is 0 Å². The summed E-state index contributed by atoms with van der Waals surface area (Å²) < 4.78 is 3.97. The van der Waals surface area contributed by atoms with Gasteiger partial charge in [-0.05, 0) is 18.2 Å². The Kier molecular flexibility index (Phi) is 4.60. The molecular weight excluding hydrogens is 302 g/mol. The van der Waals surface area contributed by atoms with Crippen LogP contribution in [0.4, 0.5) is 0 Å². The molecule has 0 N–H and O–H groups in total. The first-order valence-electron chi connectivity index (χ1n) is 7.88. The van der Waals surface area contributed by atoms with Crippen molar-refractivity contribution in [3.63, 3.8) is 0 Å². The van der Waals surface area contributed by atoms with Crippen LogP contribution < -0.4 is 0 Å². The van der Waals surface area contributed by atoms with Crippen molar-refractivity contribution in [3.8, 4) is 11.6 Å². The summed E-state index contributed by atoms with van der Waals surface area (Å²) in [4.78, 5) is 21.9. The average molecular weight is 321 g/mol. The molecule has 0 aliphatic carbocycles. The third-order valence-electron chi connectivity index (χ3n) is 3.51. The predicted molar refractivity (Wildman–Crippen MR) is 92.2 cm³/mol. The highest BCUT2D eigenvalue weighted by molar-refractivity contribution is 5.70. The molecule has 4 aromatic rings. The Bertz CT molecular complexity index is 924. The van der Waals surface area contributed by atoms with Gasteiger partial charge in [-0.3, -0.25) is 0 Å². The van der Waals surface area contributed by atoms with Gasteiger partial charge in [-0.1, -0.05) is 13.8 Å². The zero-order valence-corrected chi connectivity index (χ0v) is 14.0. The fourth-order valence-corrected chi connectivity index (χ4v) is 2.42. The molecule has 0 spiro atoms. The number of hydrogen-bond donors (Lipinski definition) is 0. The number of rotatable bonds is 3. The number of aromatic nitrogens is 7. The van der Waals surface area contributed by atoms with Crippen LogP contribution in [0.5, 0.6) is 0 Å². The zero-order chi connectivity index (χ0) is 16.9. The van der Waals surface area contributed by atoms with Gasteiger partial charge in [0, 0.05) is 38.0 Å². The largest absolute Gasteiger partial charge is 0.321 e. The first kappa shape index (κ1) is 15.8. The van der Waals surface area contributed by atoms with Crippen molar-refractivity contribution in [1.29, 1.82) is 0 Å². The van der Waals surface area contributed by atoms with Crippen molar-refractivity contribution in [3.05, 3.63) is 55.0 Å². The van der Waals surface area contributed by atoms with Gasteiger partial charge >= 0.3 is 0 Å². The van der Waals surface area contributed by atoms with E-state index in [1.165, 1.54) is 0 Å². The van der Waals surface area contributed by atoms with E-state index in [0.29, 0.717) is 12.4 Å². The van der Waals surface area contributed by atoms with Gasteiger partial charge in [-0.25, -0.2) is 24.9 Å². The molecule has 7 heteroatoms. The highest BCUT2D eigenvalue weighted by atomic mass is 15.2. The average Bonchev–Trinajstić information content (AvgIpc) is 3.23. The fourth-order valence-electron chi connectivity index (χ4n) is 2.42. The van der Waals surface area contributed by atoms with Gasteiger partial charge in [-0.2, -0.15) is 0 Å². The number of hydrogen-bond acceptors (Lipinski definition) is 5. The second-order valence-electron chi connectivity index (χ2n) is 4.88. The molecule has 4 heterocycles. The van der Waals surface area contributed by atoms with Gasteiger partial charge in [0.2, 0.25) is 0 Å². The van der Waals surface area contributed by atoms with Crippen molar-refractivity contribution >= 4 is 11.2 Å². The summed E-state index contributed by atoms with van der Waals surface area (Å²) in [6.07, 6.45) is 8.83. The molecule has 4 rings (SSSR count). The van der Waals surface area contributed by atoms with E-state index in [4.69, 9.17) is 0 Å². The van der Waals surface area contributed by atoms with Crippen molar-refractivity contribution in [2.24, 2.45) is 7.05 Å². The van der Waals surface area contributed by atoms with Crippen LogP contribution in [-0.4, -0.2) is 34.1 Å². The lowest BCUT2D eigenvalue weighted by Gasteiger charge is -2.06. The van der Waals surface area contributed by atoms with Gasteiger partial charge < -0.3 is 9.13 Å². The van der Waals surface area contributed by atoms with Crippen LogP contribution in [0.25, 0.3) is 22.8 Å². The fraction of sp³-hybridized carbons (Fsp3) is 0.235. The summed E-state index contributed by atoms with van der Waals surface area (Å²) in [7, 11) is 1.97. The molecule has 0 amide bonds. The smallest absolute Gasteiger partial charge is 0.195 e. The van der Waals surface area contributed by atoms with Crippen LogP contribution in [0.1, 0.15) is 19.7 Å². The second-order valence-corrected chi connectivity index (χ2v) is 4.88. The van der Waals surface area contributed by atoms with E-state index in [9.17, 15) is 0 Å². The summed E-state index contributed by atoms with van der Waals surface area (Å²) in [5.74, 6) is 2.23. The molecule has 0 saturated carbocycles. The first-order valence-corrected chi connectivity index (χ1v) is 7.88. The Morgan fingerprint density at radius 1 is 0.917 bits per heavy atom. The van der Waals surface area contributed by atoms with Crippen LogP contribution in [0.15, 0.2) is 49.2 Å². The quantitative estimate of drug-likeness (QED) is 0.580. The Morgan fingerprint density at radius 3 is 2.42 bits per heavy atom. The molecule has 0 radical (unpaired) electrons. The highest BCUT2D eigenvalue weighted by Crippen LogP contribution is 2.16. The van der Waals surface area contributed by atoms with E-state index in [2.05, 4.69) is 24.9 Å². The van der Waals surface area contributed by atoms with Gasteiger partial charge in [0.15, 0.2) is 17.3 Å². The van der Waals surface area contributed by atoms with Crippen LogP contribution >= 0.6 is 0 Å². The van der Waals surface area contributed by atoms with Crippen LogP contribution in [0, 0.1) is 0 Å². The van der Waals surface area contributed by atoms with Crippen LogP contribution in [-0.2, 0) is 13.6 Å². The molecule has 122 valence electrons. The topological polar surface area (TPSA) is 74.3 Å². The third kappa shape index (κ3) is 2.88. The Morgan fingerprint density at radius 2 is 1.67 bits per heavy atom. The number of pyridine rings is 1. The van der Waals surface area contributed by atoms with Gasteiger partial charge in [0.1, 0.15) is 11.3 Å². The normalized spacial score (nSPS) is 10.5. The second kappa shape index (κ2) is 6.99. The minimum atomic E-state index is 0.584. The predicted octanol–water partition coefficient (Wildman–Crippen LogP) is 2.70. The minimum absolute atomic E-state index is 0.584. The van der Waals surface area contributed by atoms with E-state index in [1.807, 2.05) is 48.4 Å². The summed E-state index contributed by atoms with van der Waals surface area (Å²) >= 11 is 0. The Labute approximate surface area is 140 Å². The molecule has 7 nitrogen and oxygen atoms in total. The molecule has 24 heavy (non-hydrogen) atoms. The molecule has 0 aromatic carbocycles. The standard InChI is InChI=1S/C15H13N7.C2H6/c1-21-12(20-11-4-2-5-18-14(11)21)10-22-9-8-19-15(22)13-16-6-3-7-17-13;1-2/h2-9H,10H2,1H3;1-2H3. The van der Waals surface area contributed by atoms with Crippen molar-refractivity contribution < 1.29 is 0 Å². The number of nitrogens with zero attached hydrogens (tertiary/aromatic N) is 7. The van der Waals surface area contributed by atoms with E-state index >= 15 is 0 Å². The van der Waals surface area contributed by atoms with E-state index in [1.54, 1.807) is 30.9 Å². The highest BCUT2D eigenvalue weighted by Gasteiger charge is 2.13. The summed E-state index contributed by atoms with van der Waals surface area (Å²) in [6.45, 7) is 4.58. The summed E-state index contributed by atoms with van der Waals surface area (Å²) in [5.41, 5.74) is 1.76. The van der Waals surface area contributed by atoms with Gasteiger partial charge in [0.05, 0.1) is 6.54 Å². The summed E-state index contributed by atoms with van der Waals surface area (Å²) in [5, 5.41) is 0. The van der Waals surface area contributed by atoms with Crippen molar-refractivity contribution in [2.75, 3.05) is 0 Å². The number of imidazole rings is 2. The van der Waals surface area contributed by atoms with E-state index < -0.39 is 0 Å². The van der Waals surface area contributed by atoms with Crippen LogP contribution in [0.2, 0.25) is 0 Å². The molecular formula is C17H19N7. The van der Waals surface area contributed by atoms with E-state index in [0.717, 1.165) is 22.8 Å². The molecule has 4 aromatic heterocycles. The molecule has 0 bridgehead atoms. The Hall–Kier alpha value is -3.09. The molecule has 0 aliphatic rings. The zero-order valence-electron chi connectivity index (χ0n) is 14.0. The lowest BCUT2D eigenvalue weighted by Crippen LogP contribution is -2.08.